The first-order valence-electron chi connectivity index (χ1n) is 7.50. The lowest BCUT2D eigenvalue weighted by atomic mass is 10.0. The molecule has 6 heteroatoms. The van der Waals surface area contributed by atoms with E-state index >= 15 is 0 Å². The van der Waals surface area contributed by atoms with Crippen LogP contribution in [0.3, 0.4) is 0 Å². The molecule has 0 unspecified atom stereocenters. The molecule has 1 aromatic carbocycles. The number of amides is 2. The second-order valence-electron chi connectivity index (χ2n) is 5.65. The van der Waals surface area contributed by atoms with Crippen LogP contribution in [0.25, 0.3) is 0 Å². The third kappa shape index (κ3) is 4.55. The molecule has 1 aliphatic heterocycles. The summed E-state index contributed by atoms with van der Waals surface area (Å²) in [6.45, 7) is 5.86. The maximum Gasteiger partial charge on any atom is 0.225 e. The van der Waals surface area contributed by atoms with Crippen LogP contribution in [0, 0.1) is 0 Å². The highest BCUT2D eigenvalue weighted by molar-refractivity contribution is 9.10. The number of rotatable bonds is 4. The molecule has 2 N–H and O–H groups in total. The fourth-order valence-electron chi connectivity index (χ4n) is 2.70. The lowest BCUT2D eigenvalue weighted by Crippen LogP contribution is -2.52. The Bertz CT molecular complexity index is 533. The van der Waals surface area contributed by atoms with Crippen LogP contribution in [0.5, 0.6) is 0 Å². The number of nitrogens with one attached hydrogen (secondary N) is 2. The Hall–Kier alpha value is -1.40. The maximum atomic E-state index is 12.6. The van der Waals surface area contributed by atoms with Gasteiger partial charge < -0.3 is 15.5 Å². The summed E-state index contributed by atoms with van der Waals surface area (Å²) in [5.41, 5.74) is 0.939. The summed E-state index contributed by atoms with van der Waals surface area (Å²) in [6, 6.07) is 7.59. The molecule has 1 heterocycles. The van der Waals surface area contributed by atoms with Crippen LogP contribution in [-0.2, 0) is 9.59 Å². The fraction of sp³-hybridized carbons (Fsp3) is 0.500. The van der Waals surface area contributed by atoms with E-state index in [-0.39, 0.29) is 30.3 Å². The highest BCUT2D eigenvalue weighted by Gasteiger charge is 2.26. The van der Waals surface area contributed by atoms with Gasteiger partial charge >= 0.3 is 0 Å². The number of carbonyl (C=O) groups excluding carboxylic acids is 2. The number of piperazine rings is 1. The van der Waals surface area contributed by atoms with Crippen molar-refractivity contribution in [1.29, 1.82) is 0 Å². The Morgan fingerprint density at radius 2 is 2.09 bits per heavy atom. The predicted octanol–water partition coefficient (Wildman–Crippen LogP) is 1.84. The molecule has 2 atom stereocenters. The first-order chi connectivity index (χ1) is 10.5. The van der Waals surface area contributed by atoms with Crippen LogP contribution in [0.2, 0.25) is 0 Å². The quantitative estimate of drug-likeness (QED) is 0.853. The summed E-state index contributed by atoms with van der Waals surface area (Å²) >= 11 is 3.40. The van der Waals surface area contributed by atoms with E-state index in [2.05, 4.69) is 26.6 Å². The fourth-order valence-corrected chi connectivity index (χ4v) is 2.96. The van der Waals surface area contributed by atoms with E-state index in [0.29, 0.717) is 6.54 Å². The van der Waals surface area contributed by atoms with Crippen molar-refractivity contribution in [2.45, 2.75) is 32.4 Å². The average molecular weight is 368 g/mol. The number of hydrogen-bond donors (Lipinski definition) is 2. The minimum absolute atomic E-state index is 0.0793. The molecule has 1 aliphatic rings. The summed E-state index contributed by atoms with van der Waals surface area (Å²) in [4.78, 5) is 25.9. The van der Waals surface area contributed by atoms with Gasteiger partial charge in [0.25, 0.3) is 0 Å². The molecule has 1 saturated heterocycles. The highest BCUT2D eigenvalue weighted by Crippen LogP contribution is 2.21. The SMILES string of the molecule is CC(=O)N[C@@H](CC(=O)N1CCNC[C@@H]1C)c1ccc(Br)cc1. The Morgan fingerprint density at radius 1 is 1.41 bits per heavy atom. The van der Waals surface area contributed by atoms with Crippen molar-refractivity contribution in [1.82, 2.24) is 15.5 Å². The first-order valence-corrected chi connectivity index (χ1v) is 8.29. The van der Waals surface area contributed by atoms with Gasteiger partial charge in [-0.15, -0.1) is 0 Å². The van der Waals surface area contributed by atoms with Gasteiger partial charge in [-0.1, -0.05) is 28.1 Å². The number of nitrogens with zero attached hydrogens (tertiary/aromatic N) is 1. The molecule has 120 valence electrons. The van der Waals surface area contributed by atoms with Crippen molar-refractivity contribution in [2.75, 3.05) is 19.6 Å². The number of benzene rings is 1. The number of halogens is 1. The molecule has 0 spiro atoms. The first kappa shape index (κ1) is 17.0. The van der Waals surface area contributed by atoms with Crippen molar-refractivity contribution in [3.63, 3.8) is 0 Å². The Balaban J connectivity index is 2.10. The third-order valence-electron chi connectivity index (χ3n) is 3.85. The molecule has 0 aromatic heterocycles. The Morgan fingerprint density at radius 3 is 2.68 bits per heavy atom. The summed E-state index contributed by atoms with van der Waals surface area (Å²) in [7, 11) is 0. The van der Waals surface area contributed by atoms with Gasteiger partial charge in [0.2, 0.25) is 11.8 Å². The van der Waals surface area contributed by atoms with Gasteiger partial charge in [-0.25, -0.2) is 0 Å². The van der Waals surface area contributed by atoms with Gasteiger partial charge in [-0.3, -0.25) is 9.59 Å². The van der Waals surface area contributed by atoms with Crippen LogP contribution < -0.4 is 10.6 Å². The summed E-state index contributed by atoms with van der Waals surface area (Å²) in [5, 5.41) is 6.16. The van der Waals surface area contributed by atoms with E-state index in [1.165, 1.54) is 6.92 Å². The van der Waals surface area contributed by atoms with Crippen molar-refractivity contribution >= 4 is 27.7 Å². The zero-order valence-electron chi connectivity index (χ0n) is 12.9. The van der Waals surface area contributed by atoms with Gasteiger partial charge in [0.15, 0.2) is 0 Å². The largest absolute Gasteiger partial charge is 0.349 e. The number of hydrogen-bond acceptors (Lipinski definition) is 3. The average Bonchev–Trinajstić information content (AvgIpc) is 2.47. The van der Waals surface area contributed by atoms with Gasteiger partial charge in [0.05, 0.1) is 12.5 Å². The normalized spacial score (nSPS) is 19.6. The summed E-state index contributed by atoms with van der Waals surface area (Å²) in [6.07, 6.45) is 0.283. The van der Waals surface area contributed by atoms with Crippen molar-refractivity contribution in [2.24, 2.45) is 0 Å². The predicted molar refractivity (Wildman–Crippen MR) is 89.4 cm³/mol. The molecule has 0 bridgehead atoms. The molecular formula is C16H22BrN3O2. The van der Waals surface area contributed by atoms with Crippen molar-refractivity contribution < 1.29 is 9.59 Å². The summed E-state index contributed by atoms with van der Waals surface area (Å²) < 4.78 is 0.972. The van der Waals surface area contributed by atoms with Crippen molar-refractivity contribution in [3.8, 4) is 0 Å². The van der Waals surface area contributed by atoms with Crippen LogP contribution in [0.15, 0.2) is 28.7 Å². The lowest BCUT2D eigenvalue weighted by molar-refractivity contribution is -0.134. The van der Waals surface area contributed by atoms with E-state index in [9.17, 15) is 9.59 Å². The zero-order chi connectivity index (χ0) is 16.1. The molecular weight excluding hydrogens is 346 g/mol. The van der Waals surface area contributed by atoms with Gasteiger partial charge in [0.1, 0.15) is 0 Å². The molecule has 0 aliphatic carbocycles. The zero-order valence-corrected chi connectivity index (χ0v) is 14.5. The molecule has 0 radical (unpaired) electrons. The van der Waals surface area contributed by atoms with Gasteiger partial charge in [-0.05, 0) is 24.6 Å². The molecule has 22 heavy (non-hydrogen) atoms. The smallest absolute Gasteiger partial charge is 0.225 e. The molecule has 2 amide bonds. The topological polar surface area (TPSA) is 61.4 Å². The van der Waals surface area contributed by atoms with Crippen LogP contribution in [0.4, 0.5) is 0 Å². The van der Waals surface area contributed by atoms with Gasteiger partial charge in [0, 0.05) is 37.1 Å². The standard InChI is InChI=1S/C16H22BrN3O2/c1-11-10-18-7-8-20(11)16(22)9-15(19-12(2)21)13-3-5-14(17)6-4-13/h3-6,11,15,18H,7-10H2,1-2H3,(H,19,21)/t11-,15-/m0/s1. The number of carbonyl (C=O) groups is 2. The third-order valence-corrected chi connectivity index (χ3v) is 4.38. The van der Waals surface area contributed by atoms with Crippen LogP contribution >= 0.6 is 15.9 Å². The molecule has 2 rings (SSSR count). The Kier molecular flexibility index (Phi) is 5.97. The Labute approximate surface area is 139 Å². The second-order valence-corrected chi connectivity index (χ2v) is 6.56. The van der Waals surface area contributed by atoms with E-state index in [0.717, 1.165) is 23.1 Å². The molecule has 1 fully saturated rings. The van der Waals surface area contributed by atoms with E-state index in [1.807, 2.05) is 36.1 Å². The van der Waals surface area contributed by atoms with E-state index < -0.39 is 0 Å². The van der Waals surface area contributed by atoms with Crippen molar-refractivity contribution in [3.05, 3.63) is 34.3 Å². The van der Waals surface area contributed by atoms with Crippen LogP contribution in [-0.4, -0.2) is 42.4 Å². The molecule has 1 aromatic rings. The monoisotopic (exact) mass is 367 g/mol. The second kappa shape index (κ2) is 7.74. The minimum Gasteiger partial charge on any atom is -0.349 e. The highest BCUT2D eigenvalue weighted by atomic mass is 79.9. The van der Waals surface area contributed by atoms with Gasteiger partial charge in [-0.2, -0.15) is 0 Å². The van der Waals surface area contributed by atoms with E-state index in [1.54, 1.807) is 0 Å². The minimum atomic E-state index is -0.291. The molecule has 5 nitrogen and oxygen atoms in total. The molecule has 0 saturated carbocycles. The van der Waals surface area contributed by atoms with Crippen LogP contribution in [0.1, 0.15) is 31.9 Å². The van der Waals surface area contributed by atoms with E-state index in [4.69, 9.17) is 0 Å². The summed E-state index contributed by atoms with van der Waals surface area (Å²) in [5.74, 6) is -0.0512. The lowest BCUT2D eigenvalue weighted by Gasteiger charge is -2.35. The maximum absolute atomic E-state index is 12.6.